The number of urea groups is 1. The predicted octanol–water partition coefficient (Wildman–Crippen LogP) is -0.960. The molecule has 2 heterocycles. The molecule has 2 saturated heterocycles. The third-order valence-corrected chi connectivity index (χ3v) is 3.99. The van der Waals surface area contributed by atoms with E-state index in [0.717, 1.165) is 12.0 Å². The Balaban J connectivity index is 2.25. The number of rotatable bonds is 3. The minimum atomic E-state index is -2.64. The van der Waals surface area contributed by atoms with E-state index in [1.165, 1.54) is 0 Å². The molecular weight excluding hydrogens is 343 g/mol. The lowest BCUT2D eigenvalue weighted by atomic mass is 10.1. The number of halogens is 2. The zero-order valence-electron chi connectivity index (χ0n) is 10.5. The fourth-order valence-corrected chi connectivity index (χ4v) is 2.74. The Morgan fingerprint density at radius 3 is 2.80 bits per heavy atom. The van der Waals surface area contributed by atoms with Crippen molar-refractivity contribution in [2.45, 2.75) is 35.7 Å². The maximum Gasteiger partial charge on any atom is 0.328 e. The Morgan fingerprint density at radius 1 is 1.65 bits per heavy atom. The number of methoxy groups -OCH3 is 1. The van der Waals surface area contributed by atoms with Gasteiger partial charge >= 0.3 is 6.03 Å². The third kappa shape index (κ3) is 2.42. The first kappa shape index (κ1) is 15.6. The van der Waals surface area contributed by atoms with Crippen LogP contribution in [0.25, 0.3) is 0 Å². The average molecular weight is 357 g/mol. The Labute approximate surface area is 121 Å². The van der Waals surface area contributed by atoms with Gasteiger partial charge in [0.05, 0.1) is 12.7 Å². The number of aliphatic hydroxyl groups is 2. The van der Waals surface area contributed by atoms with Crippen LogP contribution in [0.1, 0.15) is 6.42 Å². The molecule has 2 aliphatic rings. The van der Waals surface area contributed by atoms with E-state index in [9.17, 15) is 19.1 Å². The smallest absolute Gasteiger partial charge is 0.328 e. The van der Waals surface area contributed by atoms with Crippen LogP contribution in [0.3, 0.4) is 0 Å². The molecule has 0 saturated carbocycles. The minimum absolute atomic E-state index is 0.0320. The Morgan fingerprint density at radius 2 is 2.30 bits per heavy atom. The second-order valence-electron chi connectivity index (χ2n) is 4.49. The molecule has 0 bridgehead atoms. The fourth-order valence-electron chi connectivity index (χ4n) is 2.23. The summed E-state index contributed by atoms with van der Waals surface area (Å²) in [5.41, 5.74) is 0. The van der Waals surface area contributed by atoms with Gasteiger partial charge in [0.15, 0.2) is 6.23 Å². The molecule has 10 heteroatoms. The number of imide groups is 1. The Bertz CT molecular complexity index is 423. The molecule has 5 atom stereocenters. The van der Waals surface area contributed by atoms with Gasteiger partial charge in [-0.05, 0) is 15.9 Å². The first-order chi connectivity index (χ1) is 9.32. The molecule has 3 amide bonds. The number of carbonyl (C=O) groups excluding carboxylic acids is 2. The molecule has 20 heavy (non-hydrogen) atoms. The van der Waals surface area contributed by atoms with Crippen molar-refractivity contribution < 1.29 is 33.7 Å². The van der Waals surface area contributed by atoms with Crippen LogP contribution < -0.4 is 5.32 Å². The van der Waals surface area contributed by atoms with Crippen LogP contribution in [-0.4, -0.2) is 70.0 Å². The number of ether oxygens (including phenoxy) is 2. The largest absolute Gasteiger partial charge is 0.394 e. The molecule has 2 rings (SSSR count). The van der Waals surface area contributed by atoms with E-state index >= 15 is 0 Å². The van der Waals surface area contributed by atoms with Gasteiger partial charge < -0.3 is 19.7 Å². The lowest BCUT2D eigenvalue weighted by molar-refractivity contribution is -0.169. The van der Waals surface area contributed by atoms with Crippen molar-refractivity contribution in [1.29, 1.82) is 0 Å². The molecular formula is C10H14BrFN2O6. The maximum absolute atomic E-state index is 14.3. The van der Waals surface area contributed by atoms with Gasteiger partial charge in [0.2, 0.25) is 0 Å². The van der Waals surface area contributed by atoms with Gasteiger partial charge in [-0.15, -0.1) is 0 Å². The van der Waals surface area contributed by atoms with E-state index < -0.39 is 47.8 Å². The molecule has 2 aliphatic heterocycles. The maximum atomic E-state index is 14.3. The van der Waals surface area contributed by atoms with Gasteiger partial charge in [0.25, 0.3) is 10.5 Å². The second kappa shape index (κ2) is 5.53. The number of hydrogen-bond donors (Lipinski definition) is 3. The zero-order chi connectivity index (χ0) is 15.1. The second-order valence-corrected chi connectivity index (χ2v) is 5.65. The minimum Gasteiger partial charge on any atom is -0.394 e. The molecule has 0 spiro atoms. The number of nitrogens with one attached hydrogen (secondary N) is 1. The normalized spacial score (nSPS) is 42.0. The fraction of sp³-hybridized carbons (Fsp3) is 0.800. The van der Waals surface area contributed by atoms with E-state index in [1.54, 1.807) is 0 Å². The van der Waals surface area contributed by atoms with Crippen molar-refractivity contribution in [1.82, 2.24) is 10.2 Å². The summed E-state index contributed by atoms with van der Waals surface area (Å²) in [6.07, 6.45) is -4.49. The highest BCUT2D eigenvalue weighted by molar-refractivity contribution is 9.10. The van der Waals surface area contributed by atoms with E-state index in [2.05, 4.69) is 15.9 Å². The summed E-state index contributed by atoms with van der Waals surface area (Å²) in [4.78, 5) is 24.1. The van der Waals surface area contributed by atoms with Crippen molar-refractivity contribution >= 4 is 27.9 Å². The SMILES string of the molecule is COC1N([C@H]2C[C@H](O)[C@@H](CO)O2)C(=O)NC(=O)C1(F)Br. The van der Waals surface area contributed by atoms with Crippen LogP contribution in [0.15, 0.2) is 0 Å². The average Bonchev–Trinajstić information content (AvgIpc) is 2.74. The highest BCUT2D eigenvalue weighted by Crippen LogP contribution is 2.36. The number of amides is 3. The number of nitrogens with zero attached hydrogens (tertiary/aromatic N) is 1. The summed E-state index contributed by atoms with van der Waals surface area (Å²) in [5.74, 6) is -1.18. The molecule has 2 unspecified atom stereocenters. The lowest BCUT2D eigenvalue weighted by Crippen LogP contribution is -2.68. The lowest BCUT2D eigenvalue weighted by Gasteiger charge is -2.42. The van der Waals surface area contributed by atoms with E-state index in [-0.39, 0.29) is 6.42 Å². The van der Waals surface area contributed by atoms with Crippen LogP contribution in [0.2, 0.25) is 0 Å². The topological polar surface area (TPSA) is 108 Å². The zero-order valence-corrected chi connectivity index (χ0v) is 12.0. The number of alkyl halides is 2. The molecule has 0 aliphatic carbocycles. The van der Waals surface area contributed by atoms with Crippen molar-refractivity contribution in [3.63, 3.8) is 0 Å². The Hall–Kier alpha value is -0.810. The monoisotopic (exact) mass is 356 g/mol. The summed E-state index contributed by atoms with van der Waals surface area (Å²) in [7, 11) is 1.13. The molecule has 8 nitrogen and oxygen atoms in total. The molecule has 0 aromatic heterocycles. The van der Waals surface area contributed by atoms with Gasteiger partial charge in [-0.25, -0.2) is 9.18 Å². The third-order valence-electron chi connectivity index (χ3n) is 3.24. The summed E-state index contributed by atoms with van der Waals surface area (Å²) in [6.45, 7) is -0.446. The molecule has 2 fully saturated rings. The standard InChI is InChI=1S/C10H14BrFN2O6/c1-19-8-10(11,12)7(17)13-9(18)14(8)6-2-4(16)5(3-15)20-6/h4-6,8,15-16H,2-3H2,1H3,(H,13,17,18)/t4-,5+,6+,8?,10?/m0/s1. The summed E-state index contributed by atoms with van der Waals surface area (Å²) < 4.78 is 21.8. The van der Waals surface area contributed by atoms with Gasteiger partial charge in [-0.1, -0.05) is 0 Å². The molecule has 0 aromatic carbocycles. The number of aliphatic hydroxyl groups excluding tert-OH is 2. The van der Waals surface area contributed by atoms with Crippen LogP contribution in [0.5, 0.6) is 0 Å². The molecule has 0 aromatic rings. The van der Waals surface area contributed by atoms with Crippen molar-refractivity contribution in [3.05, 3.63) is 0 Å². The number of carbonyl (C=O) groups is 2. The summed E-state index contributed by atoms with van der Waals surface area (Å²) in [5, 5.41) is 20.5. The van der Waals surface area contributed by atoms with Crippen LogP contribution in [0, 0.1) is 0 Å². The Kier molecular flexibility index (Phi) is 4.30. The van der Waals surface area contributed by atoms with Gasteiger partial charge in [0, 0.05) is 13.5 Å². The molecule has 114 valence electrons. The first-order valence-corrected chi connectivity index (χ1v) is 6.61. The van der Waals surface area contributed by atoms with Gasteiger partial charge in [0.1, 0.15) is 12.3 Å². The van der Waals surface area contributed by atoms with Crippen LogP contribution in [-0.2, 0) is 14.3 Å². The van der Waals surface area contributed by atoms with Crippen molar-refractivity contribution in [2.75, 3.05) is 13.7 Å². The summed E-state index contributed by atoms with van der Waals surface area (Å²) in [6, 6.07) is -0.898. The van der Waals surface area contributed by atoms with E-state index in [4.69, 9.17) is 14.6 Å². The van der Waals surface area contributed by atoms with E-state index in [0.29, 0.717) is 0 Å². The predicted molar refractivity (Wildman–Crippen MR) is 65.3 cm³/mol. The van der Waals surface area contributed by atoms with E-state index in [1.807, 2.05) is 5.32 Å². The van der Waals surface area contributed by atoms with Gasteiger partial charge in [-0.3, -0.25) is 15.0 Å². The van der Waals surface area contributed by atoms with Crippen LogP contribution in [0.4, 0.5) is 9.18 Å². The quantitative estimate of drug-likeness (QED) is 0.562. The summed E-state index contributed by atoms with van der Waals surface area (Å²) >= 11 is 2.58. The first-order valence-electron chi connectivity index (χ1n) is 5.81. The number of hydrogen-bond acceptors (Lipinski definition) is 6. The van der Waals surface area contributed by atoms with Crippen molar-refractivity contribution in [2.24, 2.45) is 0 Å². The highest BCUT2D eigenvalue weighted by atomic mass is 79.9. The van der Waals surface area contributed by atoms with Gasteiger partial charge in [-0.2, -0.15) is 0 Å². The van der Waals surface area contributed by atoms with Crippen molar-refractivity contribution in [3.8, 4) is 0 Å². The van der Waals surface area contributed by atoms with Crippen LogP contribution >= 0.6 is 15.9 Å². The highest BCUT2D eigenvalue weighted by Gasteiger charge is 2.57. The molecule has 0 radical (unpaired) electrons. The molecule has 3 N–H and O–H groups in total.